The second-order valence-electron chi connectivity index (χ2n) is 7.28. The van der Waals surface area contributed by atoms with Crippen LogP contribution in [0.1, 0.15) is 24.7 Å². The van der Waals surface area contributed by atoms with Gasteiger partial charge < -0.3 is 18.9 Å². The monoisotopic (exact) mass is 431 g/mol. The molecule has 1 N–H and O–H groups in total. The smallest absolute Gasteiger partial charge is 0.336 e. The molecule has 4 rings (SSSR count). The van der Waals surface area contributed by atoms with Crippen molar-refractivity contribution in [2.75, 3.05) is 5.32 Å². The predicted octanol–water partition coefficient (Wildman–Crippen LogP) is 4.69. The van der Waals surface area contributed by atoms with Gasteiger partial charge in [0.05, 0.1) is 6.42 Å². The van der Waals surface area contributed by atoms with E-state index in [9.17, 15) is 14.4 Å². The van der Waals surface area contributed by atoms with Gasteiger partial charge in [-0.05, 0) is 24.3 Å². The molecule has 0 aliphatic carbocycles. The molecule has 0 spiro atoms. The van der Waals surface area contributed by atoms with Gasteiger partial charge in [-0.3, -0.25) is 9.59 Å². The summed E-state index contributed by atoms with van der Waals surface area (Å²) < 4.78 is 16.4. The second-order valence-corrected chi connectivity index (χ2v) is 7.28. The number of fused-ring (bicyclic) bond motifs is 1. The first kappa shape index (κ1) is 21.1. The quantitative estimate of drug-likeness (QED) is 0.337. The SMILES string of the molecule is CC(=O)Nc1ccc2c(COC(=O)CCc3ccc(-c4ccccc4)o3)cc(=O)oc2c1. The van der Waals surface area contributed by atoms with Crippen LogP contribution >= 0.6 is 0 Å². The Hall–Kier alpha value is -4.13. The Bertz CT molecular complexity index is 1320. The number of carbonyl (C=O) groups excluding carboxylic acids is 2. The highest BCUT2D eigenvalue weighted by molar-refractivity contribution is 5.92. The molecule has 2 heterocycles. The van der Waals surface area contributed by atoms with Crippen LogP contribution in [0.2, 0.25) is 0 Å². The van der Waals surface area contributed by atoms with Crippen LogP contribution < -0.4 is 10.9 Å². The van der Waals surface area contributed by atoms with Gasteiger partial charge in [0.1, 0.15) is 23.7 Å². The molecule has 7 heteroatoms. The number of aryl methyl sites for hydroxylation is 1. The molecule has 0 fully saturated rings. The summed E-state index contributed by atoms with van der Waals surface area (Å²) >= 11 is 0. The van der Waals surface area contributed by atoms with E-state index in [-0.39, 0.29) is 18.9 Å². The van der Waals surface area contributed by atoms with Crippen molar-refractivity contribution in [1.29, 1.82) is 0 Å². The summed E-state index contributed by atoms with van der Waals surface area (Å²) in [7, 11) is 0. The first-order chi connectivity index (χ1) is 15.5. The number of esters is 1. The highest BCUT2D eigenvalue weighted by Crippen LogP contribution is 2.24. The van der Waals surface area contributed by atoms with E-state index in [1.807, 2.05) is 42.5 Å². The van der Waals surface area contributed by atoms with Crippen molar-refractivity contribution < 1.29 is 23.2 Å². The molecule has 0 saturated heterocycles. The van der Waals surface area contributed by atoms with E-state index in [1.165, 1.54) is 13.0 Å². The molecule has 0 saturated carbocycles. The fourth-order valence-corrected chi connectivity index (χ4v) is 3.36. The van der Waals surface area contributed by atoms with Gasteiger partial charge in [0.25, 0.3) is 0 Å². The standard InChI is InChI=1S/C25H21NO6/c1-16(27)26-19-7-10-21-18(13-25(29)32-23(21)14-19)15-30-24(28)12-9-20-8-11-22(31-20)17-5-3-2-4-6-17/h2-8,10-11,13-14H,9,12,15H2,1H3,(H,26,27). The van der Waals surface area contributed by atoms with Crippen LogP contribution in [0.25, 0.3) is 22.3 Å². The van der Waals surface area contributed by atoms with Gasteiger partial charge in [-0.1, -0.05) is 30.3 Å². The summed E-state index contributed by atoms with van der Waals surface area (Å²) in [4.78, 5) is 35.4. The van der Waals surface area contributed by atoms with Gasteiger partial charge in [-0.2, -0.15) is 0 Å². The molecular formula is C25H21NO6. The summed E-state index contributed by atoms with van der Waals surface area (Å²) in [6.45, 7) is 1.33. The molecule has 0 radical (unpaired) electrons. The Morgan fingerprint density at radius 3 is 2.56 bits per heavy atom. The molecule has 2 aromatic carbocycles. The minimum absolute atomic E-state index is 0.0617. The lowest BCUT2D eigenvalue weighted by molar-refractivity contribution is -0.144. The van der Waals surface area contributed by atoms with E-state index in [1.54, 1.807) is 18.2 Å². The average molecular weight is 431 g/mol. The maximum absolute atomic E-state index is 12.2. The molecule has 0 unspecified atom stereocenters. The average Bonchev–Trinajstić information content (AvgIpc) is 3.25. The Labute approximate surface area is 183 Å². The minimum Gasteiger partial charge on any atom is -0.461 e. The summed E-state index contributed by atoms with van der Waals surface area (Å²) in [5.41, 5.74) is 1.75. The topological polar surface area (TPSA) is 98.7 Å². The van der Waals surface area contributed by atoms with E-state index >= 15 is 0 Å². The third-order valence-corrected chi connectivity index (χ3v) is 4.83. The lowest BCUT2D eigenvalue weighted by Crippen LogP contribution is -2.09. The van der Waals surface area contributed by atoms with Gasteiger partial charge in [0.2, 0.25) is 5.91 Å². The molecule has 4 aromatic rings. The van der Waals surface area contributed by atoms with Crippen LogP contribution in [-0.4, -0.2) is 11.9 Å². The molecule has 1 amide bonds. The van der Waals surface area contributed by atoms with Crippen LogP contribution in [0.15, 0.2) is 80.4 Å². The second kappa shape index (κ2) is 9.34. The molecule has 162 valence electrons. The van der Waals surface area contributed by atoms with Crippen molar-refractivity contribution in [3.05, 3.63) is 88.5 Å². The van der Waals surface area contributed by atoms with E-state index in [0.717, 1.165) is 11.3 Å². The lowest BCUT2D eigenvalue weighted by Gasteiger charge is -2.08. The maximum Gasteiger partial charge on any atom is 0.336 e. The Morgan fingerprint density at radius 1 is 0.969 bits per heavy atom. The molecule has 0 atom stereocenters. The molecule has 2 aromatic heterocycles. The number of furan rings is 1. The van der Waals surface area contributed by atoms with Crippen LogP contribution in [-0.2, 0) is 27.4 Å². The molecular weight excluding hydrogens is 410 g/mol. The number of anilines is 1. The number of carbonyl (C=O) groups is 2. The largest absolute Gasteiger partial charge is 0.461 e. The summed E-state index contributed by atoms with van der Waals surface area (Å²) in [6.07, 6.45) is 0.553. The zero-order valence-electron chi connectivity index (χ0n) is 17.4. The van der Waals surface area contributed by atoms with Crippen molar-refractivity contribution in [3.63, 3.8) is 0 Å². The molecule has 0 aliphatic rings. The minimum atomic E-state index is -0.562. The van der Waals surface area contributed by atoms with Gasteiger partial charge in [-0.25, -0.2) is 4.79 Å². The van der Waals surface area contributed by atoms with E-state index in [0.29, 0.717) is 34.4 Å². The van der Waals surface area contributed by atoms with E-state index in [4.69, 9.17) is 13.6 Å². The summed E-state index contributed by atoms with van der Waals surface area (Å²) in [5.74, 6) is 0.801. The van der Waals surface area contributed by atoms with Gasteiger partial charge in [0, 0.05) is 47.7 Å². The Kier molecular flexibility index (Phi) is 6.17. The first-order valence-electron chi connectivity index (χ1n) is 10.1. The van der Waals surface area contributed by atoms with Crippen molar-refractivity contribution in [1.82, 2.24) is 0 Å². The zero-order chi connectivity index (χ0) is 22.5. The zero-order valence-corrected chi connectivity index (χ0v) is 17.4. The predicted molar refractivity (Wildman–Crippen MR) is 119 cm³/mol. The number of ether oxygens (including phenoxy) is 1. The molecule has 0 aliphatic heterocycles. The van der Waals surface area contributed by atoms with Gasteiger partial charge in [0.15, 0.2) is 0 Å². The van der Waals surface area contributed by atoms with Crippen LogP contribution in [0.4, 0.5) is 5.69 Å². The van der Waals surface area contributed by atoms with E-state index in [2.05, 4.69) is 5.32 Å². The summed E-state index contributed by atoms with van der Waals surface area (Å²) in [6, 6.07) is 19.7. The first-order valence-corrected chi connectivity index (χ1v) is 10.1. The maximum atomic E-state index is 12.2. The van der Waals surface area contributed by atoms with Gasteiger partial charge in [-0.15, -0.1) is 0 Å². The number of hydrogen-bond acceptors (Lipinski definition) is 6. The third-order valence-electron chi connectivity index (χ3n) is 4.83. The molecule has 0 bridgehead atoms. The lowest BCUT2D eigenvalue weighted by atomic mass is 10.1. The van der Waals surface area contributed by atoms with Crippen molar-refractivity contribution in [2.45, 2.75) is 26.4 Å². The number of hydrogen-bond donors (Lipinski definition) is 1. The van der Waals surface area contributed by atoms with Crippen molar-refractivity contribution in [2.24, 2.45) is 0 Å². The highest BCUT2D eigenvalue weighted by Gasteiger charge is 2.12. The molecule has 32 heavy (non-hydrogen) atoms. The van der Waals surface area contributed by atoms with Crippen molar-refractivity contribution >= 4 is 28.5 Å². The summed E-state index contributed by atoms with van der Waals surface area (Å²) in [5, 5.41) is 3.26. The number of amides is 1. The number of rotatable bonds is 7. The fraction of sp³-hybridized carbons (Fsp3) is 0.160. The number of nitrogens with one attached hydrogen (secondary N) is 1. The Morgan fingerprint density at radius 2 is 1.78 bits per heavy atom. The van der Waals surface area contributed by atoms with Crippen LogP contribution in [0.5, 0.6) is 0 Å². The van der Waals surface area contributed by atoms with Crippen LogP contribution in [0.3, 0.4) is 0 Å². The van der Waals surface area contributed by atoms with Crippen LogP contribution in [0, 0.1) is 0 Å². The van der Waals surface area contributed by atoms with Crippen molar-refractivity contribution in [3.8, 4) is 11.3 Å². The Balaban J connectivity index is 1.38. The fourth-order valence-electron chi connectivity index (χ4n) is 3.36. The highest BCUT2D eigenvalue weighted by atomic mass is 16.5. The van der Waals surface area contributed by atoms with E-state index < -0.39 is 11.6 Å². The third kappa shape index (κ3) is 5.13. The molecule has 7 nitrogen and oxygen atoms in total. The normalized spacial score (nSPS) is 10.8. The number of benzene rings is 2. The van der Waals surface area contributed by atoms with Gasteiger partial charge >= 0.3 is 11.6 Å².